The first-order valence-corrected chi connectivity index (χ1v) is 7.99. The molecule has 1 aromatic carbocycles. The maximum Gasteiger partial charge on any atom is 0.416 e. The van der Waals surface area contributed by atoms with Crippen LogP contribution >= 0.6 is 0 Å². The summed E-state index contributed by atoms with van der Waals surface area (Å²) in [7, 11) is 0. The fourth-order valence-corrected chi connectivity index (χ4v) is 3.67. The SMILES string of the molecule is C=CCn1cccc1C1CC(c2ccc(C(F)(F)F)cc2)C1CO. The van der Waals surface area contributed by atoms with Crippen molar-refractivity contribution < 1.29 is 18.3 Å². The van der Waals surface area contributed by atoms with Crippen LogP contribution < -0.4 is 0 Å². The van der Waals surface area contributed by atoms with Crippen molar-refractivity contribution in [3.63, 3.8) is 0 Å². The van der Waals surface area contributed by atoms with Crippen LogP contribution in [-0.2, 0) is 12.7 Å². The molecule has 2 nitrogen and oxygen atoms in total. The second kappa shape index (κ2) is 6.48. The predicted octanol–water partition coefficient (Wildman–Crippen LogP) is 4.57. The minimum absolute atomic E-state index is 0.0234. The summed E-state index contributed by atoms with van der Waals surface area (Å²) in [6.07, 6.45) is 0.320. The van der Waals surface area contributed by atoms with Crippen LogP contribution in [0.15, 0.2) is 55.3 Å². The average molecular weight is 335 g/mol. The molecule has 3 atom stereocenters. The van der Waals surface area contributed by atoms with Gasteiger partial charge in [-0.1, -0.05) is 18.2 Å². The van der Waals surface area contributed by atoms with Crippen LogP contribution in [0.2, 0.25) is 0 Å². The van der Waals surface area contributed by atoms with Gasteiger partial charge in [0.05, 0.1) is 5.56 Å². The molecule has 0 aliphatic heterocycles. The number of hydrogen-bond donors (Lipinski definition) is 1. The zero-order valence-electron chi connectivity index (χ0n) is 13.2. The highest BCUT2D eigenvalue weighted by atomic mass is 19.4. The normalized spacial score (nSPS) is 23.8. The van der Waals surface area contributed by atoms with Crippen LogP contribution in [0.5, 0.6) is 0 Å². The van der Waals surface area contributed by atoms with Crippen LogP contribution in [0, 0.1) is 5.92 Å². The first-order valence-electron chi connectivity index (χ1n) is 7.99. The Labute approximate surface area is 139 Å². The molecule has 1 N–H and O–H groups in total. The van der Waals surface area contributed by atoms with E-state index in [-0.39, 0.29) is 24.4 Å². The van der Waals surface area contributed by atoms with Crippen molar-refractivity contribution in [2.45, 2.75) is 31.0 Å². The third-order valence-corrected chi connectivity index (χ3v) is 4.99. The Morgan fingerprint density at radius 1 is 1.17 bits per heavy atom. The predicted molar refractivity (Wildman–Crippen MR) is 86.7 cm³/mol. The molecule has 2 aromatic rings. The zero-order chi connectivity index (χ0) is 17.3. The van der Waals surface area contributed by atoms with E-state index in [0.29, 0.717) is 6.54 Å². The van der Waals surface area contributed by atoms with E-state index in [2.05, 4.69) is 11.1 Å². The fraction of sp³-hybridized carbons (Fsp3) is 0.368. The molecular formula is C19H20F3NO. The van der Waals surface area contributed by atoms with Crippen molar-refractivity contribution in [1.29, 1.82) is 0 Å². The Hall–Kier alpha value is -2.01. The molecule has 1 aliphatic rings. The lowest BCUT2D eigenvalue weighted by molar-refractivity contribution is -0.137. The lowest BCUT2D eigenvalue weighted by Crippen LogP contribution is -2.37. The van der Waals surface area contributed by atoms with E-state index in [1.165, 1.54) is 12.1 Å². The summed E-state index contributed by atoms with van der Waals surface area (Å²) in [5.41, 5.74) is 1.37. The lowest BCUT2D eigenvalue weighted by atomic mass is 9.61. The molecule has 0 spiro atoms. The smallest absolute Gasteiger partial charge is 0.396 e. The largest absolute Gasteiger partial charge is 0.416 e. The summed E-state index contributed by atoms with van der Waals surface area (Å²) in [6, 6.07) is 9.33. The minimum Gasteiger partial charge on any atom is -0.396 e. The Morgan fingerprint density at radius 2 is 1.88 bits per heavy atom. The van der Waals surface area contributed by atoms with Crippen molar-refractivity contribution in [2.24, 2.45) is 5.92 Å². The van der Waals surface area contributed by atoms with Gasteiger partial charge < -0.3 is 9.67 Å². The number of alkyl halides is 3. The molecule has 1 heterocycles. The minimum atomic E-state index is -4.32. The summed E-state index contributed by atoms with van der Waals surface area (Å²) in [5, 5.41) is 9.78. The Bertz CT molecular complexity index is 702. The fourth-order valence-electron chi connectivity index (χ4n) is 3.67. The number of aliphatic hydroxyl groups is 1. The number of hydrogen-bond acceptors (Lipinski definition) is 1. The molecule has 3 rings (SSSR count). The van der Waals surface area contributed by atoms with Gasteiger partial charge in [-0.3, -0.25) is 0 Å². The number of aliphatic hydroxyl groups excluding tert-OH is 1. The van der Waals surface area contributed by atoms with Gasteiger partial charge in [-0.05, 0) is 48.1 Å². The van der Waals surface area contributed by atoms with E-state index in [9.17, 15) is 18.3 Å². The molecular weight excluding hydrogens is 315 g/mol. The molecule has 128 valence electrons. The van der Waals surface area contributed by atoms with Crippen molar-refractivity contribution in [2.75, 3.05) is 6.61 Å². The second-order valence-corrected chi connectivity index (χ2v) is 6.29. The Kier molecular flexibility index (Phi) is 4.54. The lowest BCUT2D eigenvalue weighted by Gasteiger charge is -2.44. The van der Waals surface area contributed by atoms with Gasteiger partial charge in [0.2, 0.25) is 0 Å². The number of rotatable bonds is 5. The van der Waals surface area contributed by atoms with E-state index in [1.54, 1.807) is 0 Å². The Balaban J connectivity index is 1.77. The van der Waals surface area contributed by atoms with Gasteiger partial charge in [0.1, 0.15) is 0 Å². The van der Waals surface area contributed by atoms with Crippen LogP contribution in [0.4, 0.5) is 13.2 Å². The average Bonchev–Trinajstić information content (AvgIpc) is 2.95. The van der Waals surface area contributed by atoms with Crippen LogP contribution in [-0.4, -0.2) is 16.3 Å². The molecule has 1 aromatic heterocycles. The molecule has 0 radical (unpaired) electrons. The van der Waals surface area contributed by atoms with E-state index in [0.717, 1.165) is 29.8 Å². The molecule has 0 amide bonds. The van der Waals surface area contributed by atoms with E-state index < -0.39 is 11.7 Å². The van der Waals surface area contributed by atoms with Gasteiger partial charge in [-0.25, -0.2) is 0 Å². The third kappa shape index (κ3) is 3.00. The molecule has 24 heavy (non-hydrogen) atoms. The topological polar surface area (TPSA) is 25.2 Å². The van der Waals surface area contributed by atoms with Gasteiger partial charge in [0.25, 0.3) is 0 Å². The van der Waals surface area contributed by atoms with Crippen molar-refractivity contribution in [3.05, 3.63) is 72.1 Å². The number of nitrogens with zero attached hydrogens (tertiary/aromatic N) is 1. The molecule has 5 heteroatoms. The maximum atomic E-state index is 12.7. The summed E-state index contributed by atoms with van der Waals surface area (Å²) >= 11 is 0. The van der Waals surface area contributed by atoms with Crippen molar-refractivity contribution in [3.8, 4) is 0 Å². The van der Waals surface area contributed by atoms with Crippen molar-refractivity contribution in [1.82, 2.24) is 4.57 Å². The maximum absolute atomic E-state index is 12.7. The van der Waals surface area contributed by atoms with Gasteiger partial charge in [-0.2, -0.15) is 13.2 Å². The van der Waals surface area contributed by atoms with E-state index >= 15 is 0 Å². The van der Waals surface area contributed by atoms with Gasteiger partial charge in [0.15, 0.2) is 0 Å². The molecule has 1 aliphatic carbocycles. The molecule has 0 bridgehead atoms. The quantitative estimate of drug-likeness (QED) is 0.796. The summed E-state index contributed by atoms with van der Waals surface area (Å²) in [6.45, 7) is 4.48. The summed E-state index contributed by atoms with van der Waals surface area (Å²) in [5.74, 6) is 0.340. The number of aromatic nitrogens is 1. The van der Waals surface area contributed by atoms with Crippen molar-refractivity contribution >= 4 is 0 Å². The highest BCUT2D eigenvalue weighted by Gasteiger charge is 2.43. The molecule has 3 unspecified atom stereocenters. The highest BCUT2D eigenvalue weighted by Crippen LogP contribution is 2.52. The molecule has 1 saturated carbocycles. The third-order valence-electron chi connectivity index (χ3n) is 4.99. The Morgan fingerprint density at radius 3 is 2.46 bits per heavy atom. The van der Waals surface area contributed by atoms with Gasteiger partial charge in [0, 0.05) is 31.0 Å². The van der Waals surface area contributed by atoms with E-state index in [1.807, 2.05) is 24.4 Å². The summed E-state index contributed by atoms with van der Waals surface area (Å²) < 4.78 is 40.1. The number of halogens is 3. The molecule has 0 saturated heterocycles. The molecule has 1 fully saturated rings. The van der Waals surface area contributed by atoms with E-state index in [4.69, 9.17) is 0 Å². The number of benzene rings is 1. The first kappa shape index (κ1) is 16.8. The van der Waals surface area contributed by atoms with Crippen LogP contribution in [0.25, 0.3) is 0 Å². The standard InChI is InChI=1S/C19H20F3NO/c1-2-9-23-10-3-4-18(23)16-11-15(17(16)12-24)13-5-7-14(8-6-13)19(20,21)22/h2-8,10,15-17,24H,1,9,11-12H2. The van der Waals surface area contributed by atoms with Gasteiger partial charge in [-0.15, -0.1) is 6.58 Å². The zero-order valence-corrected chi connectivity index (χ0v) is 13.2. The van der Waals surface area contributed by atoms with Crippen LogP contribution in [0.3, 0.4) is 0 Å². The number of allylic oxidation sites excluding steroid dienone is 1. The van der Waals surface area contributed by atoms with Crippen LogP contribution in [0.1, 0.15) is 35.1 Å². The highest BCUT2D eigenvalue weighted by molar-refractivity contribution is 5.32. The monoisotopic (exact) mass is 335 g/mol. The second-order valence-electron chi connectivity index (χ2n) is 6.29. The first-order chi connectivity index (χ1) is 11.5. The van der Waals surface area contributed by atoms with Gasteiger partial charge >= 0.3 is 6.18 Å². The summed E-state index contributed by atoms with van der Waals surface area (Å²) in [4.78, 5) is 0.